The lowest BCUT2D eigenvalue weighted by molar-refractivity contribution is 1.04. The van der Waals surface area contributed by atoms with Crippen LogP contribution in [0.4, 0.5) is 0 Å². The molecular formula is C10H6ClN3O. The highest BCUT2D eigenvalue weighted by atomic mass is 35.5. The highest BCUT2D eigenvalue weighted by Gasteiger charge is 2.05. The fourth-order valence-corrected chi connectivity index (χ4v) is 1.93. The van der Waals surface area contributed by atoms with E-state index in [0.717, 1.165) is 10.9 Å². The SMILES string of the molecule is O=c1[nH]nc2ccc3c(Cl)cccc3n12. The van der Waals surface area contributed by atoms with Gasteiger partial charge in [-0.05, 0) is 24.3 Å². The molecule has 3 aromatic rings. The van der Waals surface area contributed by atoms with E-state index < -0.39 is 0 Å². The number of hydrogen-bond acceptors (Lipinski definition) is 2. The molecule has 3 rings (SSSR count). The normalized spacial score (nSPS) is 11.3. The van der Waals surface area contributed by atoms with Crippen molar-refractivity contribution in [2.75, 3.05) is 0 Å². The minimum atomic E-state index is -0.252. The predicted molar refractivity (Wildman–Crippen MR) is 58.3 cm³/mol. The van der Waals surface area contributed by atoms with Gasteiger partial charge in [-0.2, -0.15) is 5.10 Å². The van der Waals surface area contributed by atoms with Crippen LogP contribution in [0, 0.1) is 0 Å². The summed E-state index contributed by atoms with van der Waals surface area (Å²) < 4.78 is 1.50. The van der Waals surface area contributed by atoms with E-state index in [2.05, 4.69) is 10.2 Å². The average molecular weight is 220 g/mol. The number of aromatic nitrogens is 3. The fourth-order valence-electron chi connectivity index (χ4n) is 1.70. The molecule has 0 fully saturated rings. The quantitative estimate of drug-likeness (QED) is 0.627. The first kappa shape index (κ1) is 8.49. The number of hydrogen-bond donors (Lipinski definition) is 1. The number of aromatic amines is 1. The lowest BCUT2D eigenvalue weighted by atomic mass is 10.2. The van der Waals surface area contributed by atoms with E-state index in [-0.39, 0.29) is 5.69 Å². The molecule has 2 heterocycles. The van der Waals surface area contributed by atoms with Gasteiger partial charge in [-0.1, -0.05) is 17.7 Å². The largest absolute Gasteiger partial charge is 0.348 e. The molecule has 0 aliphatic rings. The van der Waals surface area contributed by atoms with E-state index in [9.17, 15) is 4.79 Å². The molecule has 0 unspecified atom stereocenters. The van der Waals surface area contributed by atoms with Gasteiger partial charge in [0.2, 0.25) is 0 Å². The lowest BCUT2D eigenvalue weighted by Crippen LogP contribution is -2.09. The highest BCUT2D eigenvalue weighted by molar-refractivity contribution is 6.35. The van der Waals surface area contributed by atoms with Gasteiger partial charge in [0.15, 0.2) is 5.65 Å². The molecule has 2 aromatic heterocycles. The molecule has 1 N–H and O–H groups in total. The molecule has 1 aromatic carbocycles. The van der Waals surface area contributed by atoms with Crippen molar-refractivity contribution in [3.8, 4) is 0 Å². The Morgan fingerprint density at radius 2 is 2.13 bits per heavy atom. The maximum atomic E-state index is 11.5. The Balaban J connectivity index is 2.71. The number of nitrogens with zero attached hydrogens (tertiary/aromatic N) is 2. The Morgan fingerprint density at radius 1 is 1.27 bits per heavy atom. The van der Waals surface area contributed by atoms with E-state index in [4.69, 9.17) is 11.6 Å². The van der Waals surface area contributed by atoms with Gasteiger partial charge in [-0.15, -0.1) is 0 Å². The molecule has 4 nitrogen and oxygen atoms in total. The molecule has 0 aliphatic carbocycles. The zero-order chi connectivity index (χ0) is 10.4. The number of fused-ring (bicyclic) bond motifs is 3. The summed E-state index contributed by atoms with van der Waals surface area (Å²) in [4.78, 5) is 11.5. The molecular weight excluding hydrogens is 214 g/mol. The van der Waals surface area contributed by atoms with Crippen molar-refractivity contribution in [2.24, 2.45) is 0 Å². The van der Waals surface area contributed by atoms with Crippen LogP contribution in [0.5, 0.6) is 0 Å². The Hall–Kier alpha value is -1.81. The second kappa shape index (κ2) is 2.84. The minimum Gasteiger partial charge on any atom is -0.246 e. The van der Waals surface area contributed by atoms with Crippen LogP contribution in [0.3, 0.4) is 0 Å². The molecule has 0 radical (unpaired) electrons. The topological polar surface area (TPSA) is 50.2 Å². The van der Waals surface area contributed by atoms with Crippen LogP contribution in [0.2, 0.25) is 5.02 Å². The number of nitrogens with one attached hydrogen (secondary N) is 1. The number of H-pyrrole nitrogens is 1. The number of rotatable bonds is 0. The zero-order valence-corrected chi connectivity index (χ0v) is 8.32. The van der Waals surface area contributed by atoms with Crippen molar-refractivity contribution in [3.05, 3.63) is 45.8 Å². The first-order chi connectivity index (χ1) is 7.27. The van der Waals surface area contributed by atoms with Crippen molar-refractivity contribution < 1.29 is 0 Å². The first-order valence-corrected chi connectivity index (χ1v) is 4.79. The molecule has 0 amide bonds. The lowest BCUT2D eigenvalue weighted by Gasteiger charge is -2.01. The summed E-state index contributed by atoms with van der Waals surface area (Å²) in [5, 5.41) is 7.75. The number of benzene rings is 1. The first-order valence-electron chi connectivity index (χ1n) is 4.42. The average Bonchev–Trinajstić information content (AvgIpc) is 2.61. The molecule has 15 heavy (non-hydrogen) atoms. The molecule has 0 saturated carbocycles. The standard InChI is InChI=1S/C10H6ClN3O/c11-7-2-1-3-8-6(7)4-5-9-12-13-10(15)14(8)9/h1-5H,(H,13,15). The van der Waals surface area contributed by atoms with E-state index >= 15 is 0 Å². The highest BCUT2D eigenvalue weighted by Crippen LogP contribution is 2.22. The molecule has 74 valence electrons. The van der Waals surface area contributed by atoms with Crippen LogP contribution in [0.15, 0.2) is 35.1 Å². The van der Waals surface area contributed by atoms with Crippen LogP contribution < -0.4 is 5.69 Å². The molecule has 0 bridgehead atoms. The Kier molecular flexibility index (Phi) is 1.61. The Morgan fingerprint density at radius 3 is 3.00 bits per heavy atom. The van der Waals surface area contributed by atoms with Crippen molar-refractivity contribution in [1.82, 2.24) is 14.6 Å². The zero-order valence-electron chi connectivity index (χ0n) is 7.57. The van der Waals surface area contributed by atoms with Crippen LogP contribution in [-0.4, -0.2) is 14.6 Å². The second-order valence-electron chi connectivity index (χ2n) is 3.23. The van der Waals surface area contributed by atoms with Crippen LogP contribution in [0.25, 0.3) is 16.6 Å². The van der Waals surface area contributed by atoms with Gasteiger partial charge < -0.3 is 0 Å². The Bertz CT molecular complexity index is 713. The summed E-state index contributed by atoms with van der Waals surface area (Å²) in [6, 6.07) is 9.05. The van der Waals surface area contributed by atoms with Gasteiger partial charge >= 0.3 is 5.69 Å². The summed E-state index contributed by atoms with van der Waals surface area (Å²) in [5.74, 6) is 0. The van der Waals surface area contributed by atoms with Crippen molar-refractivity contribution in [1.29, 1.82) is 0 Å². The molecule has 0 aliphatic heterocycles. The molecule has 0 atom stereocenters. The summed E-state index contributed by atoms with van der Waals surface area (Å²) in [7, 11) is 0. The number of pyridine rings is 1. The van der Waals surface area contributed by atoms with Crippen LogP contribution in [-0.2, 0) is 0 Å². The van der Waals surface area contributed by atoms with E-state index in [1.54, 1.807) is 12.1 Å². The van der Waals surface area contributed by atoms with E-state index in [1.807, 2.05) is 18.2 Å². The smallest absolute Gasteiger partial charge is 0.246 e. The summed E-state index contributed by atoms with van der Waals surface area (Å²) in [6.45, 7) is 0. The van der Waals surface area contributed by atoms with Gasteiger partial charge in [0.25, 0.3) is 0 Å². The third-order valence-electron chi connectivity index (χ3n) is 2.37. The van der Waals surface area contributed by atoms with E-state index in [1.165, 1.54) is 4.40 Å². The third kappa shape index (κ3) is 1.08. The summed E-state index contributed by atoms with van der Waals surface area (Å²) >= 11 is 6.03. The van der Waals surface area contributed by atoms with Crippen molar-refractivity contribution >= 4 is 28.2 Å². The molecule has 0 spiro atoms. The van der Waals surface area contributed by atoms with Gasteiger partial charge in [-0.3, -0.25) is 0 Å². The van der Waals surface area contributed by atoms with E-state index in [0.29, 0.717) is 10.7 Å². The van der Waals surface area contributed by atoms with Crippen molar-refractivity contribution in [3.63, 3.8) is 0 Å². The van der Waals surface area contributed by atoms with Gasteiger partial charge in [0, 0.05) is 10.4 Å². The van der Waals surface area contributed by atoms with Gasteiger partial charge in [0.05, 0.1) is 5.52 Å². The predicted octanol–water partition coefficient (Wildman–Crippen LogP) is 1.83. The van der Waals surface area contributed by atoms with Crippen LogP contribution >= 0.6 is 11.6 Å². The second-order valence-corrected chi connectivity index (χ2v) is 3.64. The maximum absolute atomic E-state index is 11.5. The molecule has 0 saturated heterocycles. The number of halogens is 1. The summed E-state index contributed by atoms with van der Waals surface area (Å²) in [5.41, 5.74) is 1.10. The summed E-state index contributed by atoms with van der Waals surface area (Å²) in [6.07, 6.45) is 0. The monoisotopic (exact) mass is 219 g/mol. The molecule has 5 heteroatoms. The van der Waals surface area contributed by atoms with Crippen LogP contribution in [0.1, 0.15) is 0 Å². The van der Waals surface area contributed by atoms with Crippen molar-refractivity contribution in [2.45, 2.75) is 0 Å². The van der Waals surface area contributed by atoms with Gasteiger partial charge in [0.1, 0.15) is 0 Å². The third-order valence-corrected chi connectivity index (χ3v) is 2.70. The minimum absolute atomic E-state index is 0.252. The Labute approximate surface area is 89.1 Å². The fraction of sp³-hybridized carbons (Fsp3) is 0. The maximum Gasteiger partial charge on any atom is 0.348 e. The van der Waals surface area contributed by atoms with Gasteiger partial charge in [-0.25, -0.2) is 14.3 Å².